The molecule has 7 heteroatoms. The van der Waals surface area contributed by atoms with E-state index < -0.39 is 0 Å². The monoisotopic (exact) mass is 524 g/mol. The van der Waals surface area contributed by atoms with E-state index in [0.29, 0.717) is 34.5 Å². The number of aromatic amines is 1. The van der Waals surface area contributed by atoms with Gasteiger partial charge in [0.2, 0.25) is 5.91 Å². The van der Waals surface area contributed by atoms with E-state index in [1.54, 1.807) is 20.3 Å². The van der Waals surface area contributed by atoms with Crippen molar-refractivity contribution in [2.24, 2.45) is 0 Å². The number of nitrogens with one attached hydrogen (secondary N) is 2. The molecule has 4 rings (SSSR count). The van der Waals surface area contributed by atoms with E-state index in [9.17, 15) is 4.79 Å². The molecule has 2 N–H and O–H groups in total. The first-order valence-corrected chi connectivity index (χ1v) is 12.7. The van der Waals surface area contributed by atoms with Crippen LogP contribution in [-0.2, 0) is 17.6 Å². The van der Waals surface area contributed by atoms with Crippen LogP contribution < -0.4 is 14.8 Å². The third kappa shape index (κ3) is 5.63. The quantitative estimate of drug-likeness (QED) is 0.236. The number of aryl methyl sites for hydroxylation is 1. The second-order valence-corrected chi connectivity index (χ2v) is 9.47. The first-order chi connectivity index (χ1) is 17.4. The highest BCUT2D eigenvalue weighted by atomic mass is 35.5. The molecular weight excluding hydrogens is 495 g/mol. The Morgan fingerprint density at radius 3 is 2.53 bits per heavy atom. The Bertz CT molecular complexity index is 1370. The van der Waals surface area contributed by atoms with E-state index in [1.165, 1.54) is 5.56 Å². The lowest BCUT2D eigenvalue weighted by Gasteiger charge is -2.18. The third-order valence-corrected chi connectivity index (χ3v) is 7.25. The molecule has 4 aromatic rings. The summed E-state index contributed by atoms with van der Waals surface area (Å²) in [6.45, 7) is 2.65. The largest absolute Gasteiger partial charge is 0.493 e. The van der Waals surface area contributed by atoms with Crippen molar-refractivity contribution in [1.29, 1.82) is 0 Å². The molecular formula is C29H30Cl2N2O3. The molecule has 0 saturated heterocycles. The lowest BCUT2D eigenvalue weighted by atomic mass is 9.87. The first kappa shape index (κ1) is 25.9. The molecule has 0 aliphatic heterocycles. The number of carbonyl (C=O) groups excluding carboxylic acids is 1. The second kappa shape index (κ2) is 11.7. The Labute approximate surface area is 221 Å². The summed E-state index contributed by atoms with van der Waals surface area (Å²) in [6, 6.07) is 17.6. The van der Waals surface area contributed by atoms with Crippen LogP contribution in [0.15, 0.2) is 60.8 Å². The van der Waals surface area contributed by atoms with Crippen LogP contribution in [0.3, 0.4) is 0 Å². The maximum absolute atomic E-state index is 13.1. The van der Waals surface area contributed by atoms with Crippen LogP contribution >= 0.6 is 23.2 Å². The van der Waals surface area contributed by atoms with Crippen molar-refractivity contribution in [3.8, 4) is 11.5 Å². The van der Waals surface area contributed by atoms with Crippen molar-refractivity contribution in [3.63, 3.8) is 0 Å². The number of aromatic nitrogens is 1. The van der Waals surface area contributed by atoms with Crippen molar-refractivity contribution in [1.82, 2.24) is 10.3 Å². The van der Waals surface area contributed by atoms with Gasteiger partial charge in [0.05, 0.1) is 24.3 Å². The van der Waals surface area contributed by atoms with Crippen molar-refractivity contribution in [3.05, 3.63) is 93.1 Å². The standard InChI is InChI=1S/C29H30Cl2N2O3/c1-4-19-6-5-7-21-23(17-33-29(19)21)22(20-9-10-24(30)25(31)15-20)16-28(34)32-13-12-18-8-11-26(35-2)27(14-18)36-3/h5-11,14-15,17,22,33H,4,12-13,16H2,1-3H3,(H,32,34). The molecule has 188 valence electrons. The smallest absolute Gasteiger partial charge is 0.220 e. The number of methoxy groups -OCH3 is 2. The number of hydrogen-bond acceptors (Lipinski definition) is 3. The highest BCUT2D eigenvalue weighted by Crippen LogP contribution is 2.37. The lowest BCUT2D eigenvalue weighted by molar-refractivity contribution is -0.121. The van der Waals surface area contributed by atoms with Crippen LogP contribution in [0, 0.1) is 0 Å². The normalized spacial score (nSPS) is 11.9. The van der Waals surface area contributed by atoms with Gasteiger partial charge in [-0.05, 0) is 59.4 Å². The summed E-state index contributed by atoms with van der Waals surface area (Å²) in [5, 5.41) is 5.16. The number of hydrogen-bond donors (Lipinski definition) is 2. The van der Waals surface area contributed by atoms with Crippen LogP contribution in [0.5, 0.6) is 11.5 Å². The van der Waals surface area contributed by atoms with Gasteiger partial charge in [-0.25, -0.2) is 0 Å². The Kier molecular flexibility index (Phi) is 8.44. The summed E-state index contributed by atoms with van der Waals surface area (Å²) in [4.78, 5) is 16.6. The summed E-state index contributed by atoms with van der Waals surface area (Å²) in [5.74, 6) is 1.14. The number of H-pyrrole nitrogens is 1. The number of para-hydroxylation sites is 1. The maximum Gasteiger partial charge on any atom is 0.220 e. The van der Waals surface area contributed by atoms with Gasteiger partial charge in [-0.15, -0.1) is 0 Å². The number of rotatable bonds is 10. The lowest BCUT2D eigenvalue weighted by Crippen LogP contribution is -2.27. The molecule has 3 aromatic carbocycles. The zero-order valence-electron chi connectivity index (χ0n) is 20.7. The minimum atomic E-state index is -0.179. The van der Waals surface area contributed by atoms with E-state index in [0.717, 1.165) is 34.0 Å². The summed E-state index contributed by atoms with van der Waals surface area (Å²) in [5.41, 5.74) is 5.41. The highest BCUT2D eigenvalue weighted by Gasteiger charge is 2.23. The zero-order chi connectivity index (χ0) is 25.7. The van der Waals surface area contributed by atoms with Gasteiger partial charge in [0.1, 0.15) is 0 Å². The summed E-state index contributed by atoms with van der Waals surface area (Å²) >= 11 is 12.5. The molecule has 0 saturated carbocycles. The molecule has 1 amide bonds. The van der Waals surface area contributed by atoms with Crippen molar-refractivity contribution in [2.45, 2.75) is 32.1 Å². The van der Waals surface area contributed by atoms with Gasteiger partial charge in [0.25, 0.3) is 0 Å². The van der Waals surface area contributed by atoms with Crippen LogP contribution in [0.4, 0.5) is 0 Å². The van der Waals surface area contributed by atoms with Crippen LogP contribution in [0.2, 0.25) is 10.0 Å². The number of fused-ring (bicyclic) bond motifs is 1. The highest BCUT2D eigenvalue weighted by molar-refractivity contribution is 6.42. The average Bonchev–Trinajstić information content (AvgIpc) is 3.33. The van der Waals surface area contributed by atoms with Gasteiger partial charge in [0.15, 0.2) is 11.5 Å². The fraction of sp³-hybridized carbons (Fsp3) is 0.276. The Hall–Kier alpha value is -3.15. The van der Waals surface area contributed by atoms with Crippen LogP contribution in [-0.4, -0.2) is 31.7 Å². The van der Waals surface area contributed by atoms with Gasteiger partial charge in [-0.1, -0.05) is 60.5 Å². The van der Waals surface area contributed by atoms with E-state index in [1.807, 2.05) is 36.5 Å². The van der Waals surface area contributed by atoms with Crippen molar-refractivity contribution in [2.75, 3.05) is 20.8 Å². The molecule has 0 bridgehead atoms. The molecule has 1 aromatic heterocycles. The fourth-order valence-electron chi connectivity index (χ4n) is 4.60. The predicted octanol–water partition coefficient (Wildman–Crippen LogP) is 6.94. The summed E-state index contributed by atoms with van der Waals surface area (Å²) in [6.07, 6.45) is 3.89. The SMILES string of the molecule is CCc1cccc2c(C(CC(=O)NCCc3ccc(OC)c(OC)c3)c3ccc(Cl)c(Cl)c3)c[nH]c12. The minimum Gasteiger partial charge on any atom is -0.493 e. The number of carbonyl (C=O) groups is 1. The number of halogens is 2. The molecule has 0 aliphatic rings. The van der Waals surface area contributed by atoms with Gasteiger partial charge < -0.3 is 19.8 Å². The molecule has 0 aliphatic carbocycles. The van der Waals surface area contributed by atoms with E-state index in [4.69, 9.17) is 32.7 Å². The molecule has 1 unspecified atom stereocenters. The van der Waals surface area contributed by atoms with Crippen molar-refractivity contribution < 1.29 is 14.3 Å². The molecule has 36 heavy (non-hydrogen) atoms. The number of benzene rings is 3. The summed E-state index contributed by atoms with van der Waals surface area (Å²) in [7, 11) is 3.22. The molecule has 0 radical (unpaired) electrons. The molecule has 1 atom stereocenters. The summed E-state index contributed by atoms with van der Waals surface area (Å²) < 4.78 is 10.7. The molecule has 1 heterocycles. The predicted molar refractivity (Wildman–Crippen MR) is 147 cm³/mol. The minimum absolute atomic E-state index is 0.0347. The van der Waals surface area contributed by atoms with Gasteiger partial charge in [0, 0.05) is 36.0 Å². The number of amides is 1. The van der Waals surface area contributed by atoms with E-state index >= 15 is 0 Å². The van der Waals surface area contributed by atoms with Gasteiger partial charge >= 0.3 is 0 Å². The maximum atomic E-state index is 13.1. The van der Waals surface area contributed by atoms with E-state index in [-0.39, 0.29) is 18.2 Å². The van der Waals surface area contributed by atoms with E-state index in [2.05, 4.69) is 35.4 Å². The molecule has 0 spiro atoms. The Morgan fingerprint density at radius 1 is 1.00 bits per heavy atom. The van der Waals surface area contributed by atoms with Gasteiger partial charge in [-0.3, -0.25) is 4.79 Å². The van der Waals surface area contributed by atoms with Gasteiger partial charge in [-0.2, -0.15) is 0 Å². The Morgan fingerprint density at radius 2 is 1.81 bits per heavy atom. The first-order valence-electron chi connectivity index (χ1n) is 12.0. The zero-order valence-corrected chi connectivity index (χ0v) is 22.2. The topological polar surface area (TPSA) is 63.4 Å². The van der Waals surface area contributed by atoms with Crippen LogP contribution in [0.25, 0.3) is 10.9 Å². The second-order valence-electron chi connectivity index (χ2n) is 8.66. The fourth-order valence-corrected chi connectivity index (χ4v) is 4.90. The van der Waals surface area contributed by atoms with Crippen molar-refractivity contribution >= 4 is 40.0 Å². The molecule has 0 fully saturated rings. The van der Waals surface area contributed by atoms with Crippen LogP contribution in [0.1, 0.15) is 41.5 Å². The third-order valence-electron chi connectivity index (χ3n) is 6.51. The Balaban J connectivity index is 1.54. The average molecular weight is 525 g/mol. The molecule has 5 nitrogen and oxygen atoms in total. The number of ether oxygens (including phenoxy) is 2.